The van der Waals surface area contributed by atoms with Crippen LogP contribution in [0.4, 0.5) is 0 Å². The summed E-state index contributed by atoms with van der Waals surface area (Å²) in [6, 6.07) is 0. The molecule has 0 aliphatic carbocycles. The van der Waals surface area contributed by atoms with Gasteiger partial charge in [-0.1, -0.05) is 168 Å². The maximum absolute atomic E-state index is 12.8. The number of unbranched alkanes of at least 4 members (excludes halogenated alkanes) is 24. The van der Waals surface area contributed by atoms with E-state index in [1.165, 1.54) is 116 Å². The Hall–Kier alpha value is -0.752. The van der Waals surface area contributed by atoms with Gasteiger partial charge in [0.2, 0.25) is 0 Å². The SMILES string of the molecule is CCCCCCCCCCCCCCCC(=O)OC[C@H](COP(=O)(O)OCCCO[C@@H]1O[C@H](C[As](C)(C)=O)[C@@H](O)[C@H]1O)OC(=O)CCCCCCCCCCCCCCC. The number of hydrogen-bond acceptors (Lipinski definition) is 12. The van der Waals surface area contributed by atoms with Crippen molar-refractivity contribution in [1.29, 1.82) is 0 Å². The van der Waals surface area contributed by atoms with Crippen LogP contribution in [0.3, 0.4) is 0 Å². The maximum atomic E-state index is 12.8. The molecule has 0 bridgehead atoms. The van der Waals surface area contributed by atoms with Crippen molar-refractivity contribution >= 4 is 33.3 Å². The first-order chi connectivity index (χ1) is 28.8. The van der Waals surface area contributed by atoms with Crippen molar-refractivity contribution < 1.29 is 61.0 Å². The van der Waals surface area contributed by atoms with Crippen molar-refractivity contribution in [2.75, 3.05) is 26.4 Å². The molecule has 0 aromatic rings. The molecule has 1 rings (SSSR count). The number of esters is 2. The standard InChI is InChI=1S/C45H88AsO13P/c1-5-7-9-11-13-15-17-19-21-23-25-27-29-32-41(47)55-37-39(58-42(48)33-30-28-26-24-22-20-18-16-14-12-10-8-6-2)38-57-60(52,53)56-35-31-34-54-45-44(50)43(49)40(59-45)36-46(3,4)51/h39-40,43-45,49-50H,5-38H2,1-4H3,(H,52,53)/t39-,40-,43-,44-,45-/m1/s1. The summed E-state index contributed by atoms with van der Waals surface area (Å²) in [6.07, 6.45) is 25.9. The first kappa shape index (κ1) is 57.3. The van der Waals surface area contributed by atoms with Gasteiger partial charge in [-0.15, -0.1) is 0 Å². The second kappa shape index (κ2) is 36.6. The third kappa shape index (κ3) is 32.9. The minimum Gasteiger partial charge on any atom is -0.456 e. The van der Waals surface area contributed by atoms with Crippen LogP contribution in [0.2, 0.25) is 16.6 Å². The van der Waals surface area contributed by atoms with Crippen LogP contribution in [0.1, 0.15) is 200 Å². The van der Waals surface area contributed by atoms with Gasteiger partial charge in [0.1, 0.15) is 6.61 Å². The molecule has 0 amide bonds. The minimum absolute atomic E-state index is 0.0310. The molecular weight excluding hydrogens is 854 g/mol. The van der Waals surface area contributed by atoms with Gasteiger partial charge >= 0.3 is 143 Å². The fourth-order valence-corrected chi connectivity index (χ4v) is 10.5. The zero-order chi connectivity index (χ0) is 44.3. The van der Waals surface area contributed by atoms with E-state index in [9.17, 15) is 33.0 Å². The summed E-state index contributed by atoms with van der Waals surface area (Å²) in [7, 11) is -4.59. The number of aliphatic hydroxyl groups excluding tert-OH is 2. The van der Waals surface area contributed by atoms with E-state index in [0.29, 0.717) is 12.8 Å². The molecule has 1 unspecified atom stereocenters. The van der Waals surface area contributed by atoms with Gasteiger partial charge in [-0.05, 0) is 12.8 Å². The average molecular weight is 943 g/mol. The van der Waals surface area contributed by atoms with E-state index >= 15 is 0 Å². The molecule has 356 valence electrons. The Bertz CT molecular complexity index is 1150. The van der Waals surface area contributed by atoms with Gasteiger partial charge in [0.05, 0.1) is 0 Å². The number of aliphatic hydroxyl groups is 2. The van der Waals surface area contributed by atoms with E-state index in [1.807, 2.05) is 0 Å². The number of phosphoric acid groups is 1. The van der Waals surface area contributed by atoms with Crippen LogP contribution in [0.15, 0.2) is 0 Å². The summed E-state index contributed by atoms with van der Waals surface area (Å²) < 4.78 is 57.1. The molecule has 0 radical (unpaired) electrons. The Labute approximate surface area is 366 Å². The molecule has 0 aromatic heterocycles. The fraction of sp³-hybridized carbons (Fsp3) is 0.956. The Kier molecular flexibility index (Phi) is 34.9. The van der Waals surface area contributed by atoms with Gasteiger partial charge in [0.15, 0.2) is 6.10 Å². The van der Waals surface area contributed by atoms with Crippen LogP contribution >= 0.6 is 7.82 Å². The number of hydrogen-bond donors (Lipinski definition) is 3. The molecule has 1 saturated heterocycles. The van der Waals surface area contributed by atoms with Crippen molar-refractivity contribution in [3.63, 3.8) is 0 Å². The van der Waals surface area contributed by atoms with Gasteiger partial charge in [-0.3, -0.25) is 9.59 Å². The van der Waals surface area contributed by atoms with Crippen LogP contribution in [0, 0.1) is 0 Å². The van der Waals surface area contributed by atoms with Crippen LogP contribution in [0.5, 0.6) is 0 Å². The number of carbonyl (C=O) groups excluding carboxylic acids is 2. The van der Waals surface area contributed by atoms with Crippen LogP contribution in [0.25, 0.3) is 0 Å². The van der Waals surface area contributed by atoms with E-state index in [-0.39, 0.29) is 44.3 Å². The Morgan fingerprint density at radius 2 is 1.03 bits per heavy atom. The second-order valence-corrected chi connectivity index (χ2v) is 26.2. The fourth-order valence-electron chi connectivity index (χ4n) is 7.28. The first-order valence-electron chi connectivity index (χ1n) is 23.9. The van der Waals surface area contributed by atoms with Gasteiger partial charge in [0.25, 0.3) is 0 Å². The first-order valence-corrected chi connectivity index (χ1v) is 31.3. The zero-order valence-corrected chi connectivity index (χ0v) is 41.0. The topological polar surface area (TPSA) is 184 Å². The molecule has 60 heavy (non-hydrogen) atoms. The number of rotatable bonds is 42. The molecule has 6 atom stereocenters. The van der Waals surface area contributed by atoms with Crippen molar-refractivity contribution in [3.05, 3.63) is 0 Å². The summed E-state index contributed by atoms with van der Waals surface area (Å²) in [5.41, 5.74) is 3.26. The number of ether oxygens (including phenoxy) is 4. The van der Waals surface area contributed by atoms with Crippen molar-refractivity contribution in [3.8, 4) is 0 Å². The zero-order valence-electron chi connectivity index (χ0n) is 38.2. The maximum Gasteiger partial charge on any atom is 0.306 e. The smallest absolute Gasteiger partial charge is 0.306 e. The monoisotopic (exact) mass is 943 g/mol. The molecule has 3 N–H and O–H groups in total. The molecule has 1 heterocycles. The third-order valence-corrected chi connectivity index (χ3v) is 14.5. The second-order valence-electron chi connectivity index (χ2n) is 17.4. The molecule has 0 spiro atoms. The summed E-state index contributed by atoms with van der Waals surface area (Å²) in [5.74, 6) is -0.913. The van der Waals surface area contributed by atoms with Crippen molar-refractivity contribution in [2.45, 2.75) is 247 Å². The molecule has 1 aliphatic heterocycles. The average Bonchev–Trinajstić information content (AvgIpc) is 3.45. The van der Waals surface area contributed by atoms with Crippen molar-refractivity contribution in [1.82, 2.24) is 0 Å². The van der Waals surface area contributed by atoms with E-state index < -0.39 is 70.6 Å². The molecular formula is C45H88AsO13P. The summed E-state index contributed by atoms with van der Waals surface area (Å²) in [4.78, 5) is 35.7. The Morgan fingerprint density at radius 3 is 1.48 bits per heavy atom. The van der Waals surface area contributed by atoms with Crippen molar-refractivity contribution in [2.24, 2.45) is 0 Å². The number of phosphoric ester groups is 1. The minimum atomic E-state index is -4.59. The van der Waals surface area contributed by atoms with Crippen LogP contribution in [-0.2, 0) is 45.9 Å². The van der Waals surface area contributed by atoms with E-state index in [1.54, 1.807) is 11.4 Å². The van der Waals surface area contributed by atoms with E-state index in [4.69, 9.17) is 28.0 Å². The quantitative estimate of drug-likeness (QED) is 0.0228. The summed E-state index contributed by atoms with van der Waals surface area (Å²) in [6.45, 7) is 3.38. The van der Waals surface area contributed by atoms with Gasteiger partial charge < -0.3 is 9.47 Å². The normalized spacial score (nSPS) is 19.6. The largest absolute Gasteiger partial charge is 0.456 e. The Balaban J connectivity index is 2.43. The third-order valence-electron chi connectivity index (χ3n) is 10.9. The van der Waals surface area contributed by atoms with Gasteiger partial charge in [-0.2, -0.15) is 0 Å². The molecule has 1 aliphatic rings. The van der Waals surface area contributed by atoms with E-state index in [2.05, 4.69) is 13.8 Å². The van der Waals surface area contributed by atoms with Gasteiger partial charge in [0, 0.05) is 12.8 Å². The molecule has 1 fully saturated rings. The molecule has 15 heteroatoms. The predicted molar refractivity (Wildman–Crippen MR) is 237 cm³/mol. The molecule has 13 nitrogen and oxygen atoms in total. The molecule has 0 saturated carbocycles. The molecule has 0 aromatic carbocycles. The summed E-state index contributed by atoms with van der Waals surface area (Å²) in [5, 5.41) is 20.6. The summed E-state index contributed by atoms with van der Waals surface area (Å²) >= 11 is -3.15. The van der Waals surface area contributed by atoms with Crippen LogP contribution in [-0.4, -0.2) is 97.7 Å². The predicted octanol–water partition coefficient (Wildman–Crippen LogP) is 11.0. The van der Waals surface area contributed by atoms with E-state index in [0.717, 1.165) is 38.5 Å². The van der Waals surface area contributed by atoms with Crippen LogP contribution < -0.4 is 0 Å². The Morgan fingerprint density at radius 1 is 0.600 bits per heavy atom. The van der Waals surface area contributed by atoms with Gasteiger partial charge in [-0.25, -0.2) is 0 Å². The number of carbonyl (C=O) groups is 2.